The maximum Gasteiger partial charge on any atom is 0.347 e. The van der Waals surface area contributed by atoms with Gasteiger partial charge >= 0.3 is 11.4 Å². The summed E-state index contributed by atoms with van der Waals surface area (Å²) in [5.41, 5.74) is -0.0336. The third-order valence-electron chi connectivity index (χ3n) is 8.72. The summed E-state index contributed by atoms with van der Waals surface area (Å²) in [5.74, 6) is 2.67. The SMILES string of the molecule is Cn1c(=O)n2n(c1=O)[C@H]1[C@@H]3[C@@H]4[C@@H]5[C@@H]3[C@]13C[C@@H](Br)[C@H](O)C[C@]53[C@H]42. The van der Waals surface area contributed by atoms with Crippen LogP contribution in [0, 0.1) is 34.5 Å². The van der Waals surface area contributed by atoms with Gasteiger partial charge in [0.1, 0.15) is 0 Å². The molecule has 0 saturated heterocycles. The maximum absolute atomic E-state index is 12.6. The van der Waals surface area contributed by atoms with E-state index in [1.807, 2.05) is 0 Å². The smallest absolute Gasteiger partial charge is 0.347 e. The lowest BCUT2D eigenvalue weighted by Gasteiger charge is -3.02. The highest BCUT2D eigenvalue weighted by Gasteiger charge is 3.03. The van der Waals surface area contributed by atoms with Gasteiger partial charge in [0, 0.05) is 22.7 Å². The first kappa shape index (κ1) is 11.7. The zero-order chi connectivity index (χ0) is 14.9. The van der Waals surface area contributed by atoms with Gasteiger partial charge in [0.15, 0.2) is 0 Å². The van der Waals surface area contributed by atoms with Crippen LogP contribution in [-0.4, -0.2) is 30.0 Å². The van der Waals surface area contributed by atoms with E-state index in [0.717, 1.165) is 18.8 Å². The third-order valence-corrected chi connectivity index (χ3v) is 9.66. The predicted molar refractivity (Wildman–Crippen MR) is 78.8 cm³/mol. The molecule has 3 heterocycles. The second-order valence-electron chi connectivity index (χ2n) is 8.48. The molecular weight excluding hydrogens is 350 g/mol. The minimum atomic E-state index is -0.326. The molecule has 5 saturated carbocycles. The monoisotopic (exact) mass is 365 g/mol. The maximum atomic E-state index is 12.6. The Labute approximate surface area is 133 Å². The van der Waals surface area contributed by atoms with Crippen LogP contribution in [-0.2, 0) is 7.05 Å². The highest BCUT2D eigenvalue weighted by molar-refractivity contribution is 9.09. The van der Waals surface area contributed by atoms with E-state index < -0.39 is 0 Å². The van der Waals surface area contributed by atoms with Gasteiger partial charge in [-0.15, -0.1) is 0 Å². The fraction of sp³-hybridized carbons (Fsp3) is 0.867. The summed E-state index contributed by atoms with van der Waals surface area (Å²) in [7, 11) is 1.59. The Morgan fingerprint density at radius 3 is 2.09 bits per heavy atom. The average molecular weight is 366 g/mol. The topological polar surface area (TPSA) is 69.2 Å². The molecule has 6 nitrogen and oxygen atoms in total. The molecule has 7 aliphatic rings. The van der Waals surface area contributed by atoms with E-state index >= 15 is 0 Å². The molecule has 2 spiro atoms. The first-order chi connectivity index (χ1) is 10.5. The van der Waals surface area contributed by atoms with Gasteiger partial charge in [0.2, 0.25) is 0 Å². The molecule has 0 radical (unpaired) electrons. The van der Waals surface area contributed by atoms with E-state index in [9.17, 15) is 14.7 Å². The Morgan fingerprint density at radius 2 is 1.55 bits per heavy atom. The molecule has 2 bridgehead atoms. The standard InChI is InChI=1S/C15H16BrN3O3/c1-17-12(21)18-10-6-7-9-8(6)14(10)2-4(16)5(20)3-15(9,14)11(7)19(18)13(17)22/h4-11,20H,2-3H2,1H3/t4-,5-,6-,7-,8-,9-,10+,11+,14-,15-/m1/s1. The summed E-state index contributed by atoms with van der Waals surface area (Å²) in [5, 5.41) is 10.4. The summed E-state index contributed by atoms with van der Waals surface area (Å²) in [6, 6.07) is 0.361. The zero-order valence-corrected chi connectivity index (χ0v) is 13.6. The summed E-state index contributed by atoms with van der Waals surface area (Å²) in [6.07, 6.45) is 1.42. The van der Waals surface area contributed by atoms with E-state index in [4.69, 9.17) is 0 Å². The zero-order valence-electron chi connectivity index (χ0n) is 12.0. The summed E-state index contributed by atoms with van der Waals surface area (Å²) in [6.45, 7) is 0. The van der Waals surface area contributed by atoms with Crippen LogP contribution in [0.2, 0.25) is 0 Å². The van der Waals surface area contributed by atoms with E-state index in [0.29, 0.717) is 17.8 Å². The normalized spacial score (nSPS) is 63.6. The van der Waals surface area contributed by atoms with Crippen molar-refractivity contribution < 1.29 is 5.11 Å². The van der Waals surface area contributed by atoms with Gasteiger partial charge in [-0.05, 0) is 36.5 Å². The number of hydrogen-bond acceptors (Lipinski definition) is 3. The summed E-state index contributed by atoms with van der Waals surface area (Å²) < 4.78 is 4.85. The number of aliphatic hydroxyl groups excluding tert-OH is 1. The molecule has 10 atom stereocenters. The van der Waals surface area contributed by atoms with E-state index in [2.05, 4.69) is 15.9 Å². The van der Waals surface area contributed by atoms with Gasteiger partial charge in [-0.3, -0.25) is 0 Å². The van der Waals surface area contributed by atoms with Crippen molar-refractivity contribution in [3.05, 3.63) is 21.0 Å². The van der Waals surface area contributed by atoms with Crippen LogP contribution in [0.25, 0.3) is 0 Å². The largest absolute Gasteiger partial charge is 0.392 e. The number of aliphatic hydroxyl groups is 1. The highest BCUT2D eigenvalue weighted by atomic mass is 79.9. The number of nitrogens with zero attached hydrogens (tertiary/aromatic N) is 3. The Bertz CT molecular complexity index is 845. The van der Waals surface area contributed by atoms with E-state index in [1.165, 1.54) is 4.57 Å². The summed E-state index contributed by atoms with van der Waals surface area (Å²) >= 11 is 3.67. The molecule has 5 aliphatic carbocycles. The van der Waals surface area contributed by atoms with Crippen LogP contribution >= 0.6 is 15.9 Å². The van der Waals surface area contributed by atoms with E-state index in [-0.39, 0.29) is 45.2 Å². The molecule has 1 aromatic heterocycles. The Hall–Kier alpha value is -0.820. The van der Waals surface area contributed by atoms with Crippen LogP contribution in [0.15, 0.2) is 9.59 Å². The van der Waals surface area contributed by atoms with Crippen molar-refractivity contribution in [2.24, 2.45) is 41.5 Å². The van der Waals surface area contributed by atoms with Crippen molar-refractivity contribution in [1.29, 1.82) is 0 Å². The van der Waals surface area contributed by atoms with Gasteiger partial charge in [0.05, 0.1) is 18.2 Å². The van der Waals surface area contributed by atoms with Crippen molar-refractivity contribution >= 4 is 15.9 Å². The predicted octanol–water partition coefficient (Wildman–Crippen LogP) is -0.146. The van der Waals surface area contributed by atoms with Crippen molar-refractivity contribution in [2.75, 3.05) is 0 Å². The molecule has 2 aliphatic heterocycles. The average Bonchev–Trinajstić information content (AvgIpc) is 2.65. The lowest BCUT2D eigenvalue weighted by atomic mass is 9.04. The number of alkyl halides is 1. The highest BCUT2D eigenvalue weighted by Crippen LogP contribution is 3.04. The molecule has 7 heteroatoms. The molecule has 0 aromatic carbocycles. The quantitative estimate of drug-likeness (QED) is 0.650. The second-order valence-corrected chi connectivity index (χ2v) is 9.66. The van der Waals surface area contributed by atoms with E-state index in [1.54, 1.807) is 16.4 Å². The number of hydrogen-bond donors (Lipinski definition) is 1. The molecule has 8 rings (SSSR count). The summed E-state index contributed by atoms with van der Waals surface area (Å²) in [4.78, 5) is 25.3. The van der Waals surface area contributed by atoms with Gasteiger partial charge in [0.25, 0.3) is 0 Å². The van der Waals surface area contributed by atoms with Crippen molar-refractivity contribution in [2.45, 2.75) is 35.9 Å². The van der Waals surface area contributed by atoms with Crippen molar-refractivity contribution in [3.8, 4) is 0 Å². The lowest BCUT2D eigenvalue weighted by Crippen LogP contribution is -3.01. The minimum absolute atomic E-state index is 0.100. The number of rotatable bonds is 0. The van der Waals surface area contributed by atoms with Crippen LogP contribution in [0.4, 0.5) is 0 Å². The fourth-order valence-electron chi connectivity index (χ4n) is 8.54. The van der Waals surface area contributed by atoms with Gasteiger partial charge < -0.3 is 5.11 Å². The van der Waals surface area contributed by atoms with Gasteiger partial charge in [-0.2, -0.15) is 0 Å². The first-order valence-electron chi connectivity index (χ1n) is 8.20. The first-order valence-corrected chi connectivity index (χ1v) is 9.12. The van der Waals surface area contributed by atoms with Crippen LogP contribution in [0.5, 0.6) is 0 Å². The molecule has 1 N–H and O–H groups in total. The Balaban J connectivity index is 1.58. The van der Waals surface area contributed by atoms with Gasteiger partial charge in [-0.25, -0.2) is 23.5 Å². The fourth-order valence-corrected chi connectivity index (χ4v) is 9.26. The lowest BCUT2D eigenvalue weighted by molar-refractivity contribution is -0.562. The molecule has 0 unspecified atom stereocenters. The molecule has 0 amide bonds. The van der Waals surface area contributed by atoms with Crippen molar-refractivity contribution in [3.63, 3.8) is 0 Å². The van der Waals surface area contributed by atoms with Crippen LogP contribution in [0.3, 0.4) is 0 Å². The number of halogens is 1. The Kier molecular flexibility index (Phi) is 1.45. The van der Waals surface area contributed by atoms with Crippen LogP contribution < -0.4 is 11.4 Å². The second kappa shape index (κ2) is 2.73. The van der Waals surface area contributed by atoms with Crippen molar-refractivity contribution in [1.82, 2.24) is 13.9 Å². The molecular formula is C15H16BrN3O3. The molecule has 5 fully saturated rings. The third kappa shape index (κ3) is 0.658. The van der Waals surface area contributed by atoms with Gasteiger partial charge in [-0.1, -0.05) is 15.9 Å². The number of aromatic nitrogens is 3. The molecule has 22 heavy (non-hydrogen) atoms. The molecule has 1 aromatic rings. The van der Waals surface area contributed by atoms with Crippen LogP contribution in [0.1, 0.15) is 24.9 Å². The minimum Gasteiger partial charge on any atom is -0.392 e. The Morgan fingerprint density at radius 1 is 1.05 bits per heavy atom. The molecule has 116 valence electrons.